The van der Waals surface area contributed by atoms with E-state index in [1.54, 1.807) is 11.8 Å². The molecule has 7 heteroatoms. The molecule has 2 amide bonds. The molecule has 0 radical (unpaired) electrons. The van der Waals surface area contributed by atoms with Crippen LogP contribution in [-0.4, -0.2) is 55.7 Å². The molecule has 0 saturated carbocycles. The molecule has 0 aromatic heterocycles. The molecule has 0 bridgehead atoms. The van der Waals surface area contributed by atoms with E-state index in [0.717, 1.165) is 23.2 Å². The van der Waals surface area contributed by atoms with Crippen LogP contribution in [0.1, 0.15) is 13.8 Å². The second-order valence-corrected chi connectivity index (χ2v) is 6.48. The van der Waals surface area contributed by atoms with Crippen molar-refractivity contribution in [1.82, 2.24) is 4.90 Å². The second-order valence-electron chi connectivity index (χ2n) is 5.56. The van der Waals surface area contributed by atoms with Gasteiger partial charge in [-0.15, -0.1) is 0 Å². The fourth-order valence-corrected chi connectivity index (χ4v) is 2.86. The molecular weight excluding hydrogens is 362 g/mol. The fourth-order valence-electron chi connectivity index (χ4n) is 2.59. The number of nitrogens with one attached hydrogen (secondary N) is 2. The van der Waals surface area contributed by atoms with Crippen LogP contribution in [0.25, 0.3) is 0 Å². The highest BCUT2D eigenvalue weighted by atomic mass is 79.9. The standard InChI is InChI=1S/C16H22BrN3O3/c1-3-23-16(22)20-10-8-19(9-11-20)12(2)15(21)18-14-6-4-13(17)5-7-14/h4-7,12H,3,8-11H2,1-2H3,(H,18,21)/p+1/t12-/m1/s1. The van der Waals surface area contributed by atoms with E-state index < -0.39 is 0 Å². The van der Waals surface area contributed by atoms with E-state index in [0.29, 0.717) is 19.7 Å². The van der Waals surface area contributed by atoms with Crippen molar-refractivity contribution in [2.24, 2.45) is 0 Å². The third-order valence-corrected chi connectivity index (χ3v) is 4.58. The highest BCUT2D eigenvalue weighted by Crippen LogP contribution is 2.14. The number of amides is 2. The predicted octanol–water partition coefficient (Wildman–Crippen LogP) is 1.13. The number of ether oxygens (including phenoxy) is 1. The third-order valence-electron chi connectivity index (χ3n) is 4.05. The normalized spacial score (nSPS) is 16.7. The number of quaternary nitrogens is 1. The van der Waals surface area contributed by atoms with Crippen LogP contribution < -0.4 is 10.2 Å². The molecule has 23 heavy (non-hydrogen) atoms. The second kappa shape index (κ2) is 8.31. The molecule has 1 aromatic rings. The zero-order valence-electron chi connectivity index (χ0n) is 13.5. The van der Waals surface area contributed by atoms with Crippen molar-refractivity contribution in [3.05, 3.63) is 28.7 Å². The minimum atomic E-state index is -0.265. The SMILES string of the molecule is CCOC(=O)N1CC[NH+]([C@H](C)C(=O)Nc2ccc(Br)cc2)CC1. The van der Waals surface area contributed by atoms with Gasteiger partial charge in [-0.05, 0) is 38.1 Å². The van der Waals surface area contributed by atoms with Gasteiger partial charge in [-0.3, -0.25) is 9.69 Å². The van der Waals surface area contributed by atoms with Gasteiger partial charge in [0.2, 0.25) is 0 Å². The largest absolute Gasteiger partial charge is 0.450 e. The van der Waals surface area contributed by atoms with E-state index in [2.05, 4.69) is 21.2 Å². The Balaban J connectivity index is 1.84. The van der Waals surface area contributed by atoms with Gasteiger partial charge in [0, 0.05) is 10.2 Å². The fraction of sp³-hybridized carbons (Fsp3) is 0.500. The lowest BCUT2D eigenvalue weighted by atomic mass is 10.2. The maximum atomic E-state index is 12.4. The van der Waals surface area contributed by atoms with Gasteiger partial charge in [0.15, 0.2) is 6.04 Å². The molecule has 1 saturated heterocycles. The predicted molar refractivity (Wildman–Crippen MR) is 91.5 cm³/mol. The Labute approximate surface area is 144 Å². The van der Waals surface area contributed by atoms with Crippen LogP contribution in [0.5, 0.6) is 0 Å². The summed E-state index contributed by atoms with van der Waals surface area (Å²) in [6.07, 6.45) is -0.265. The zero-order chi connectivity index (χ0) is 16.8. The lowest BCUT2D eigenvalue weighted by Gasteiger charge is -2.34. The van der Waals surface area contributed by atoms with Gasteiger partial charge in [-0.25, -0.2) is 4.79 Å². The highest BCUT2D eigenvalue weighted by molar-refractivity contribution is 9.10. The van der Waals surface area contributed by atoms with Gasteiger partial charge in [-0.1, -0.05) is 15.9 Å². The van der Waals surface area contributed by atoms with E-state index in [-0.39, 0.29) is 18.0 Å². The molecule has 6 nitrogen and oxygen atoms in total. The zero-order valence-corrected chi connectivity index (χ0v) is 15.1. The number of carbonyl (C=O) groups excluding carboxylic acids is 2. The Kier molecular flexibility index (Phi) is 6.41. The summed E-state index contributed by atoms with van der Waals surface area (Å²) in [6, 6.07) is 7.35. The molecule has 1 aliphatic rings. The Bertz CT molecular complexity index is 542. The van der Waals surface area contributed by atoms with Crippen LogP contribution in [0.3, 0.4) is 0 Å². The van der Waals surface area contributed by atoms with Crippen molar-refractivity contribution < 1.29 is 19.2 Å². The summed E-state index contributed by atoms with van der Waals surface area (Å²) >= 11 is 3.37. The summed E-state index contributed by atoms with van der Waals surface area (Å²) in [7, 11) is 0. The Morgan fingerprint density at radius 1 is 1.30 bits per heavy atom. The molecule has 2 N–H and O–H groups in total. The number of benzene rings is 1. The minimum Gasteiger partial charge on any atom is -0.450 e. The average Bonchev–Trinajstić information content (AvgIpc) is 2.56. The Morgan fingerprint density at radius 2 is 1.91 bits per heavy atom. The minimum absolute atomic E-state index is 0.00749. The topological polar surface area (TPSA) is 63.1 Å². The number of hydrogen-bond donors (Lipinski definition) is 2. The van der Waals surface area contributed by atoms with Crippen molar-refractivity contribution in [2.45, 2.75) is 19.9 Å². The molecule has 0 aliphatic carbocycles. The van der Waals surface area contributed by atoms with Crippen molar-refractivity contribution in [3.8, 4) is 0 Å². The number of rotatable bonds is 4. The van der Waals surface area contributed by atoms with E-state index >= 15 is 0 Å². The number of anilines is 1. The molecule has 2 rings (SSSR count). The molecule has 126 valence electrons. The first-order chi connectivity index (χ1) is 11.0. The van der Waals surface area contributed by atoms with Crippen LogP contribution in [0.15, 0.2) is 28.7 Å². The lowest BCUT2D eigenvalue weighted by molar-refractivity contribution is -0.917. The molecule has 1 aromatic carbocycles. The van der Waals surface area contributed by atoms with Crippen LogP contribution in [0.2, 0.25) is 0 Å². The molecule has 1 atom stereocenters. The summed E-state index contributed by atoms with van der Waals surface area (Å²) in [5, 5.41) is 2.93. The van der Waals surface area contributed by atoms with Gasteiger partial charge in [0.05, 0.1) is 32.8 Å². The van der Waals surface area contributed by atoms with Gasteiger partial charge < -0.3 is 15.0 Å². The highest BCUT2D eigenvalue weighted by Gasteiger charge is 2.31. The third kappa shape index (κ3) is 4.94. The van der Waals surface area contributed by atoms with Crippen molar-refractivity contribution in [2.75, 3.05) is 38.1 Å². The van der Waals surface area contributed by atoms with Crippen molar-refractivity contribution in [1.29, 1.82) is 0 Å². The lowest BCUT2D eigenvalue weighted by Crippen LogP contribution is -3.19. The maximum Gasteiger partial charge on any atom is 0.410 e. The smallest absolute Gasteiger partial charge is 0.410 e. The quantitative estimate of drug-likeness (QED) is 0.817. The first kappa shape index (κ1) is 17.7. The Morgan fingerprint density at radius 3 is 2.48 bits per heavy atom. The summed E-state index contributed by atoms with van der Waals surface area (Å²) in [6.45, 7) is 6.82. The van der Waals surface area contributed by atoms with Crippen LogP contribution in [0.4, 0.5) is 10.5 Å². The number of carbonyl (C=O) groups is 2. The molecule has 1 fully saturated rings. The van der Waals surface area contributed by atoms with E-state index in [1.165, 1.54) is 4.90 Å². The molecular formula is C16H23BrN3O3+. The monoisotopic (exact) mass is 384 g/mol. The summed E-state index contributed by atoms with van der Waals surface area (Å²) < 4.78 is 5.98. The van der Waals surface area contributed by atoms with Crippen LogP contribution in [0, 0.1) is 0 Å². The van der Waals surface area contributed by atoms with Crippen LogP contribution >= 0.6 is 15.9 Å². The number of piperazine rings is 1. The molecule has 0 unspecified atom stereocenters. The van der Waals surface area contributed by atoms with E-state index in [1.807, 2.05) is 31.2 Å². The molecule has 1 aliphatic heterocycles. The Hall–Kier alpha value is -1.60. The maximum absolute atomic E-state index is 12.4. The average molecular weight is 385 g/mol. The van der Waals surface area contributed by atoms with Crippen LogP contribution in [-0.2, 0) is 9.53 Å². The van der Waals surface area contributed by atoms with Crippen molar-refractivity contribution >= 4 is 33.6 Å². The van der Waals surface area contributed by atoms with E-state index in [9.17, 15) is 9.59 Å². The molecule has 0 spiro atoms. The first-order valence-corrected chi connectivity index (χ1v) is 8.63. The van der Waals surface area contributed by atoms with Gasteiger partial charge in [-0.2, -0.15) is 0 Å². The molecule has 1 heterocycles. The first-order valence-electron chi connectivity index (χ1n) is 7.84. The van der Waals surface area contributed by atoms with Gasteiger partial charge in [0.25, 0.3) is 5.91 Å². The number of nitrogens with zero attached hydrogens (tertiary/aromatic N) is 1. The summed E-state index contributed by atoms with van der Waals surface area (Å²) in [5.41, 5.74) is 0.787. The number of halogens is 1. The number of hydrogen-bond acceptors (Lipinski definition) is 3. The summed E-state index contributed by atoms with van der Waals surface area (Å²) in [5.74, 6) is -0.00749. The van der Waals surface area contributed by atoms with E-state index in [4.69, 9.17) is 4.74 Å². The van der Waals surface area contributed by atoms with Crippen molar-refractivity contribution in [3.63, 3.8) is 0 Å². The van der Waals surface area contributed by atoms with Gasteiger partial charge in [0.1, 0.15) is 0 Å². The summed E-state index contributed by atoms with van der Waals surface area (Å²) in [4.78, 5) is 26.9. The van der Waals surface area contributed by atoms with Gasteiger partial charge >= 0.3 is 6.09 Å².